The predicted octanol–water partition coefficient (Wildman–Crippen LogP) is 5.02. The number of thiazole rings is 1. The van der Waals surface area contributed by atoms with Crippen molar-refractivity contribution in [3.8, 4) is 11.5 Å². The Morgan fingerprint density at radius 1 is 0.962 bits per heavy atom. The van der Waals surface area contributed by atoms with Crippen LogP contribution in [0.2, 0.25) is 0 Å². The number of nitrogens with zero attached hydrogens (tertiary/aromatic N) is 1. The summed E-state index contributed by atoms with van der Waals surface area (Å²) >= 11 is 1.53. The third-order valence-electron chi connectivity index (χ3n) is 3.92. The third-order valence-corrected chi connectivity index (χ3v) is 4.72. The van der Waals surface area contributed by atoms with Crippen molar-refractivity contribution in [1.82, 2.24) is 10.3 Å². The lowest BCUT2D eigenvalue weighted by Gasteiger charge is -2.09. The topological polar surface area (TPSA) is 51.2 Å². The first-order valence-corrected chi connectivity index (χ1v) is 9.09. The molecule has 0 aliphatic rings. The van der Waals surface area contributed by atoms with Crippen LogP contribution >= 0.6 is 11.3 Å². The number of amides is 1. The van der Waals surface area contributed by atoms with Crippen LogP contribution < -0.4 is 10.1 Å². The Morgan fingerprint density at radius 3 is 2.69 bits per heavy atom. The van der Waals surface area contributed by atoms with Crippen molar-refractivity contribution >= 4 is 27.5 Å². The van der Waals surface area contributed by atoms with Crippen molar-refractivity contribution in [2.24, 2.45) is 0 Å². The second-order valence-electron chi connectivity index (χ2n) is 5.78. The molecule has 0 unspecified atom stereocenters. The highest BCUT2D eigenvalue weighted by Gasteiger charge is 2.08. The molecule has 1 heterocycles. The molecule has 0 aliphatic carbocycles. The summed E-state index contributed by atoms with van der Waals surface area (Å²) in [5.74, 6) is 1.43. The minimum Gasteiger partial charge on any atom is -0.457 e. The summed E-state index contributed by atoms with van der Waals surface area (Å²) in [5, 5.41) is 2.95. The van der Waals surface area contributed by atoms with Gasteiger partial charge < -0.3 is 10.1 Å². The fraction of sp³-hybridized carbons (Fsp3) is 0.0476. The highest BCUT2D eigenvalue weighted by atomic mass is 32.1. The van der Waals surface area contributed by atoms with Gasteiger partial charge in [-0.2, -0.15) is 0 Å². The lowest BCUT2D eigenvalue weighted by atomic mass is 10.2. The number of rotatable bonds is 5. The molecule has 0 fully saturated rings. The smallest absolute Gasteiger partial charge is 0.251 e. The van der Waals surface area contributed by atoms with E-state index in [0.717, 1.165) is 27.3 Å². The van der Waals surface area contributed by atoms with Crippen LogP contribution in [0, 0.1) is 0 Å². The molecule has 1 N–H and O–H groups in total. The molecule has 0 atom stereocenters. The Labute approximate surface area is 155 Å². The van der Waals surface area contributed by atoms with Crippen molar-refractivity contribution in [3.05, 3.63) is 89.4 Å². The largest absolute Gasteiger partial charge is 0.457 e. The average molecular weight is 360 g/mol. The first-order chi connectivity index (χ1) is 12.8. The van der Waals surface area contributed by atoms with Crippen LogP contribution in [0.15, 0.2) is 78.3 Å². The molecule has 0 bridgehead atoms. The zero-order valence-corrected chi connectivity index (χ0v) is 14.7. The van der Waals surface area contributed by atoms with E-state index in [4.69, 9.17) is 4.74 Å². The average Bonchev–Trinajstić information content (AvgIpc) is 3.15. The summed E-state index contributed by atoms with van der Waals surface area (Å²) in [6.07, 6.45) is 0. The van der Waals surface area contributed by atoms with Crippen LogP contribution in [0.25, 0.3) is 10.2 Å². The van der Waals surface area contributed by atoms with Crippen molar-refractivity contribution in [2.45, 2.75) is 6.54 Å². The van der Waals surface area contributed by atoms with Gasteiger partial charge in [0.15, 0.2) is 0 Å². The van der Waals surface area contributed by atoms with Crippen LogP contribution in [0.1, 0.15) is 15.9 Å². The minimum absolute atomic E-state index is 0.102. The Balaban J connectivity index is 1.42. The fourth-order valence-electron chi connectivity index (χ4n) is 2.62. The maximum Gasteiger partial charge on any atom is 0.251 e. The summed E-state index contributed by atoms with van der Waals surface area (Å²) < 4.78 is 6.84. The molecule has 4 aromatic rings. The number of para-hydroxylation sites is 1. The van der Waals surface area contributed by atoms with E-state index >= 15 is 0 Å². The molecule has 0 spiro atoms. The molecule has 3 aromatic carbocycles. The summed E-state index contributed by atoms with van der Waals surface area (Å²) in [7, 11) is 0. The predicted molar refractivity (Wildman–Crippen MR) is 104 cm³/mol. The van der Waals surface area contributed by atoms with Gasteiger partial charge in [0, 0.05) is 12.1 Å². The number of aromatic nitrogens is 1. The van der Waals surface area contributed by atoms with Crippen LogP contribution in [-0.2, 0) is 6.54 Å². The summed E-state index contributed by atoms with van der Waals surface area (Å²) in [4.78, 5) is 16.6. The molecule has 4 rings (SSSR count). The Hall–Kier alpha value is -3.18. The molecular formula is C21H16N2O2S. The number of ether oxygens (including phenoxy) is 1. The third kappa shape index (κ3) is 3.73. The number of nitrogens with one attached hydrogen (secondary N) is 1. The zero-order chi connectivity index (χ0) is 17.8. The van der Waals surface area contributed by atoms with Crippen molar-refractivity contribution in [1.29, 1.82) is 0 Å². The summed E-state index contributed by atoms with van der Waals surface area (Å²) in [6, 6.07) is 22.9. The fourth-order valence-corrected chi connectivity index (χ4v) is 3.34. The molecule has 0 saturated carbocycles. The molecule has 0 radical (unpaired) electrons. The van der Waals surface area contributed by atoms with E-state index < -0.39 is 0 Å². The molecule has 1 aromatic heterocycles. The van der Waals surface area contributed by atoms with Crippen LogP contribution in [0.5, 0.6) is 11.5 Å². The number of benzene rings is 3. The van der Waals surface area contributed by atoms with E-state index in [0.29, 0.717) is 12.1 Å². The SMILES string of the molecule is O=C(NCc1cccc(Oc2ccccc2)c1)c1ccc2ncsc2c1. The first kappa shape index (κ1) is 16.3. The summed E-state index contributed by atoms with van der Waals surface area (Å²) in [6.45, 7) is 0.436. The lowest BCUT2D eigenvalue weighted by molar-refractivity contribution is 0.0951. The van der Waals surface area contributed by atoms with E-state index in [1.807, 2.05) is 66.7 Å². The van der Waals surface area contributed by atoms with Gasteiger partial charge in [-0.3, -0.25) is 4.79 Å². The second-order valence-corrected chi connectivity index (χ2v) is 6.67. The van der Waals surface area contributed by atoms with E-state index in [1.54, 1.807) is 11.6 Å². The number of carbonyl (C=O) groups is 1. The van der Waals surface area contributed by atoms with E-state index in [9.17, 15) is 4.79 Å². The normalized spacial score (nSPS) is 10.6. The van der Waals surface area contributed by atoms with Crippen molar-refractivity contribution in [2.75, 3.05) is 0 Å². The second kappa shape index (κ2) is 7.37. The highest BCUT2D eigenvalue weighted by molar-refractivity contribution is 7.16. The Morgan fingerprint density at radius 2 is 1.81 bits per heavy atom. The standard InChI is InChI=1S/C21H16N2O2S/c24-21(16-9-10-19-20(12-16)26-14-23-19)22-13-15-5-4-8-18(11-15)25-17-6-2-1-3-7-17/h1-12,14H,13H2,(H,22,24). The molecule has 26 heavy (non-hydrogen) atoms. The quantitative estimate of drug-likeness (QED) is 0.544. The lowest BCUT2D eigenvalue weighted by Crippen LogP contribution is -2.22. The van der Waals surface area contributed by atoms with Crippen LogP contribution in [0.4, 0.5) is 0 Å². The number of fused-ring (bicyclic) bond motifs is 1. The molecule has 1 amide bonds. The maximum absolute atomic E-state index is 12.4. The van der Waals surface area contributed by atoms with Gasteiger partial charge in [-0.25, -0.2) is 4.98 Å². The Kier molecular flexibility index (Phi) is 4.62. The highest BCUT2D eigenvalue weighted by Crippen LogP contribution is 2.22. The van der Waals surface area contributed by atoms with Gasteiger partial charge >= 0.3 is 0 Å². The van der Waals surface area contributed by atoms with Gasteiger partial charge in [-0.05, 0) is 48.0 Å². The van der Waals surface area contributed by atoms with Gasteiger partial charge in [-0.1, -0.05) is 30.3 Å². The van der Waals surface area contributed by atoms with Crippen LogP contribution in [0.3, 0.4) is 0 Å². The number of carbonyl (C=O) groups excluding carboxylic acids is 1. The van der Waals surface area contributed by atoms with Crippen molar-refractivity contribution in [3.63, 3.8) is 0 Å². The molecule has 4 nitrogen and oxygen atoms in total. The number of hydrogen-bond donors (Lipinski definition) is 1. The van der Waals surface area contributed by atoms with Gasteiger partial charge in [0.1, 0.15) is 11.5 Å². The zero-order valence-electron chi connectivity index (χ0n) is 13.9. The maximum atomic E-state index is 12.4. The monoisotopic (exact) mass is 360 g/mol. The van der Waals surface area contributed by atoms with Gasteiger partial charge in [0.2, 0.25) is 0 Å². The van der Waals surface area contributed by atoms with E-state index in [1.165, 1.54) is 11.3 Å². The molecule has 128 valence electrons. The van der Waals surface area contributed by atoms with E-state index in [2.05, 4.69) is 10.3 Å². The van der Waals surface area contributed by atoms with Gasteiger partial charge in [-0.15, -0.1) is 11.3 Å². The van der Waals surface area contributed by atoms with Crippen LogP contribution in [-0.4, -0.2) is 10.9 Å². The Bertz CT molecular complexity index is 1040. The van der Waals surface area contributed by atoms with Gasteiger partial charge in [0.25, 0.3) is 5.91 Å². The van der Waals surface area contributed by atoms with Crippen molar-refractivity contribution < 1.29 is 9.53 Å². The van der Waals surface area contributed by atoms with E-state index in [-0.39, 0.29) is 5.91 Å². The van der Waals surface area contributed by atoms with Gasteiger partial charge in [0.05, 0.1) is 15.7 Å². The number of hydrogen-bond acceptors (Lipinski definition) is 4. The molecule has 5 heteroatoms. The molecular weight excluding hydrogens is 344 g/mol. The first-order valence-electron chi connectivity index (χ1n) is 8.21. The molecule has 0 aliphatic heterocycles. The summed E-state index contributed by atoms with van der Waals surface area (Å²) in [5.41, 5.74) is 4.31. The minimum atomic E-state index is -0.102. The molecule has 0 saturated heterocycles.